The Morgan fingerprint density at radius 1 is 1.05 bits per heavy atom. The highest BCUT2D eigenvalue weighted by Gasteiger charge is 2.40. The van der Waals surface area contributed by atoms with Gasteiger partial charge in [-0.05, 0) is 56.7 Å². The Balaban J connectivity index is 1.10. The number of hydrogen-bond donors (Lipinski definition) is 1. The lowest BCUT2D eigenvalue weighted by molar-refractivity contribution is -0.135. The van der Waals surface area contributed by atoms with Gasteiger partial charge in [-0.2, -0.15) is 10.1 Å². The van der Waals surface area contributed by atoms with Crippen molar-refractivity contribution in [2.45, 2.75) is 44.6 Å². The fourth-order valence-corrected chi connectivity index (χ4v) is 5.26. The molecule has 3 heterocycles. The van der Waals surface area contributed by atoms with Crippen molar-refractivity contribution < 1.29 is 14.1 Å². The van der Waals surface area contributed by atoms with Crippen LogP contribution in [-0.2, 0) is 11.8 Å². The highest BCUT2D eigenvalue weighted by Crippen LogP contribution is 2.35. The predicted molar refractivity (Wildman–Crippen MR) is 138 cm³/mol. The van der Waals surface area contributed by atoms with Crippen molar-refractivity contribution in [1.29, 1.82) is 0 Å². The molecule has 1 aliphatic carbocycles. The van der Waals surface area contributed by atoms with Crippen LogP contribution >= 0.6 is 0 Å². The van der Waals surface area contributed by atoms with Gasteiger partial charge in [-0.25, -0.2) is 0 Å². The predicted octanol–water partition coefficient (Wildman–Crippen LogP) is 3.85. The number of carbonyl (C=O) groups excluding carboxylic acids is 2. The Kier molecular flexibility index (Phi) is 5.98. The Bertz CT molecular complexity index is 1450. The van der Waals surface area contributed by atoms with E-state index in [0.717, 1.165) is 47.8 Å². The van der Waals surface area contributed by atoms with Crippen molar-refractivity contribution in [3.63, 3.8) is 0 Å². The van der Waals surface area contributed by atoms with E-state index in [1.54, 1.807) is 12.1 Å². The first kappa shape index (κ1) is 23.4. The van der Waals surface area contributed by atoms with E-state index >= 15 is 0 Å². The first-order valence-corrected chi connectivity index (χ1v) is 12.9. The molecule has 2 aromatic carbocycles. The van der Waals surface area contributed by atoms with Crippen LogP contribution in [0, 0.1) is 12.8 Å². The van der Waals surface area contributed by atoms with Crippen molar-refractivity contribution in [2.24, 2.45) is 13.0 Å². The number of aromatic nitrogens is 4. The molecule has 2 amide bonds. The number of amides is 2. The number of likely N-dealkylation sites (tertiary alicyclic amines) is 1. The molecule has 4 aromatic rings. The van der Waals surface area contributed by atoms with Gasteiger partial charge in [-0.1, -0.05) is 35.5 Å². The molecule has 2 fully saturated rings. The van der Waals surface area contributed by atoms with Gasteiger partial charge in [0.2, 0.25) is 17.6 Å². The summed E-state index contributed by atoms with van der Waals surface area (Å²) in [6.45, 7) is 3.20. The van der Waals surface area contributed by atoms with Gasteiger partial charge in [-0.15, -0.1) is 0 Å². The number of nitrogens with zero attached hydrogens (tertiary/aromatic N) is 5. The van der Waals surface area contributed by atoms with Crippen molar-refractivity contribution in [3.8, 4) is 11.4 Å². The highest BCUT2D eigenvalue weighted by atomic mass is 16.5. The molecule has 37 heavy (non-hydrogen) atoms. The first-order valence-electron chi connectivity index (χ1n) is 12.9. The molecule has 1 atom stereocenters. The zero-order valence-electron chi connectivity index (χ0n) is 21.1. The van der Waals surface area contributed by atoms with E-state index in [4.69, 9.17) is 9.51 Å². The Morgan fingerprint density at radius 3 is 2.54 bits per heavy atom. The molecule has 0 radical (unpaired) electrons. The number of hydrogen-bond acceptors (Lipinski definition) is 6. The molecule has 1 N–H and O–H groups in total. The van der Waals surface area contributed by atoms with Crippen LogP contribution in [0.1, 0.15) is 53.5 Å². The highest BCUT2D eigenvalue weighted by molar-refractivity contribution is 5.97. The van der Waals surface area contributed by atoms with Crippen LogP contribution in [0.15, 0.2) is 53.1 Å². The summed E-state index contributed by atoms with van der Waals surface area (Å²) < 4.78 is 7.52. The third-order valence-electron chi connectivity index (χ3n) is 7.57. The van der Waals surface area contributed by atoms with Crippen LogP contribution in [0.2, 0.25) is 0 Å². The zero-order valence-corrected chi connectivity index (χ0v) is 21.1. The second-order valence-corrected chi connectivity index (χ2v) is 10.2. The fourth-order valence-electron chi connectivity index (χ4n) is 5.26. The molecule has 0 spiro atoms. The topological polar surface area (TPSA) is 106 Å². The number of rotatable bonds is 6. The fraction of sp³-hybridized carbons (Fsp3) is 0.393. The summed E-state index contributed by atoms with van der Waals surface area (Å²) in [6, 6.07) is 14.7. The van der Waals surface area contributed by atoms with Gasteiger partial charge < -0.3 is 14.7 Å². The standard InChI is InChI=1S/C28H30N6O3/c1-17-22-11-10-21(16-23(22)33(2)31-17)25-30-27(37-32-25)20-12-14-34(15-13-20)28(36)24(18-8-9-18)29-26(35)19-6-4-3-5-7-19/h3-7,10-11,16,18,20,24H,8-9,12-15H2,1-2H3,(H,29,35)/t24-/m1/s1. The third-order valence-corrected chi connectivity index (χ3v) is 7.57. The van der Waals surface area contributed by atoms with Crippen molar-refractivity contribution in [1.82, 2.24) is 30.1 Å². The van der Waals surface area contributed by atoms with E-state index in [9.17, 15) is 9.59 Å². The van der Waals surface area contributed by atoms with Crippen LogP contribution in [0.5, 0.6) is 0 Å². The van der Waals surface area contributed by atoms with E-state index in [0.29, 0.717) is 30.4 Å². The lowest BCUT2D eigenvalue weighted by atomic mass is 9.95. The van der Waals surface area contributed by atoms with Gasteiger partial charge in [0, 0.05) is 42.6 Å². The Labute approximate surface area is 214 Å². The van der Waals surface area contributed by atoms with E-state index in [-0.39, 0.29) is 23.7 Å². The van der Waals surface area contributed by atoms with Gasteiger partial charge >= 0.3 is 0 Å². The molecule has 1 saturated carbocycles. The normalized spacial score (nSPS) is 17.2. The summed E-state index contributed by atoms with van der Waals surface area (Å²) in [6.07, 6.45) is 3.43. The summed E-state index contributed by atoms with van der Waals surface area (Å²) >= 11 is 0. The molecular weight excluding hydrogens is 468 g/mol. The van der Waals surface area contributed by atoms with Crippen molar-refractivity contribution in [3.05, 3.63) is 65.7 Å². The maximum atomic E-state index is 13.4. The van der Waals surface area contributed by atoms with Gasteiger partial charge in [0.1, 0.15) is 6.04 Å². The van der Waals surface area contributed by atoms with Gasteiger partial charge in [-0.3, -0.25) is 14.3 Å². The average molecular weight is 499 g/mol. The molecule has 1 saturated heterocycles. The van der Waals surface area contributed by atoms with E-state index < -0.39 is 6.04 Å². The molecular formula is C28H30N6O3. The van der Waals surface area contributed by atoms with Crippen LogP contribution in [-0.4, -0.2) is 55.8 Å². The number of carbonyl (C=O) groups is 2. The SMILES string of the molecule is Cc1nn(C)c2cc(-c3noc(C4CCN(C(=O)[C@H](NC(=O)c5ccccc5)C5CC5)CC4)n3)ccc12. The quantitative estimate of drug-likeness (QED) is 0.433. The zero-order chi connectivity index (χ0) is 25.5. The molecule has 9 heteroatoms. The molecule has 9 nitrogen and oxygen atoms in total. The minimum absolute atomic E-state index is 0.0104. The third kappa shape index (κ3) is 4.61. The second kappa shape index (κ2) is 9.46. The molecule has 190 valence electrons. The number of nitrogens with one attached hydrogen (secondary N) is 1. The monoisotopic (exact) mass is 498 g/mol. The van der Waals surface area contributed by atoms with E-state index in [1.807, 2.05) is 60.0 Å². The molecule has 2 aliphatic rings. The number of benzene rings is 2. The van der Waals surface area contributed by atoms with E-state index in [1.165, 1.54) is 0 Å². The summed E-state index contributed by atoms with van der Waals surface area (Å²) in [5.74, 6) is 1.31. The number of fused-ring (bicyclic) bond motifs is 1. The number of piperidine rings is 1. The summed E-state index contributed by atoms with van der Waals surface area (Å²) in [4.78, 5) is 32.6. The first-order chi connectivity index (χ1) is 18.0. The van der Waals surface area contributed by atoms with Crippen LogP contribution in [0.25, 0.3) is 22.3 Å². The lowest BCUT2D eigenvalue weighted by Gasteiger charge is -2.33. The average Bonchev–Trinajstić information content (AvgIpc) is 3.58. The Morgan fingerprint density at radius 2 is 1.81 bits per heavy atom. The van der Waals surface area contributed by atoms with Crippen molar-refractivity contribution >= 4 is 22.7 Å². The minimum atomic E-state index is -0.468. The summed E-state index contributed by atoms with van der Waals surface area (Å²) in [5.41, 5.74) is 3.48. The van der Waals surface area contributed by atoms with Crippen molar-refractivity contribution in [2.75, 3.05) is 13.1 Å². The molecule has 0 unspecified atom stereocenters. The van der Waals surface area contributed by atoms with E-state index in [2.05, 4.69) is 15.6 Å². The molecule has 2 aromatic heterocycles. The van der Waals surface area contributed by atoms with Crippen LogP contribution in [0.3, 0.4) is 0 Å². The molecule has 0 bridgehead atoms. The van der Waals surface area contributed by atoms with Gasteiger partial charge in [0.05, 0.1) is 11.2 Å². The summed E-state index contributed by atoms with van der Waals surface area (Å²) in [7, 11) is 1.93. The maximum Gasteiger partial charge on any atom is 0.251 e. The van der Waals surface area contributed by atoms with Crippen LogP contribution < -0.4 is 5.32 Å². The second-order valence-electron chi connectivity index (χ2n) is 10.2. The van der Waals surface area contributed by atoms with Crippen LogP contribution in [0.4, 0.5) is 0 Å². The molecule has 6 rings (SSSR count). The van der Waals surface area contributed by atoms with Gasteiger partial charge in [0.25, 0.3) is 5.91 Å². The molecule has 1 aliphatic heterocycles. The summed E-state index contributed by atoms with van der Waals surface area (Å²) in [5, 5.41) is 12.8. The smallest absolute Gasteiger partial charge is 0.251 e. The maximum absolute atomic E-state index is 13.4. The van der Waals surface area contributed by atoms with Gasteiger partial charge in [0.15, 0.2) is 0 Å². The lowest BCUT2D eigenvalue weighted by Crippen LogP contribution is -2.51. The number of aryl methyl sites for hydroxylation is 2. The Hall–Kier alpha value is -4.01. The minimum Gasteiger partial charge on any atom is -0.341 e. The largest absolute Gasteiger partial charge is 0.341 e.